The minimum Gasteiger partial charge on any atom is -0.327 e. The SMILES string of the molecule is NC(CS(=O)(=O)c1ccccc1[N+](=O)[O-])C1CCCCC1. The molecule has 1 aliphatic carbocycles. The van der Waals surface area contributed by atoms with Gasteiger partial charge < -0.3 is 5.73 Å². The molecule has 2 rings (SSSR count). The summed E-state index contributed by atoms with van der Waals surface area (Å²) < 4.78 is 24.9. The van der Waals surface area contributed by atoms with Crippen LogP contribution in [0.2, 0.25) is 0 Å². The molecule has 0 heterocycles. The van der Waals surface area contributed by atoms with Crippen LogP contribution in [0.4, 0.5) is 5.69 Å². The highest BCUT2D eigenvalue weighted by atomic mass is 32.2. The molecule has 1 unspecified atom stereocenters. The number of benzene rings is 1. The number of sulfone groups is 1. The first kappa shape index (κ1) is 15.9. The van der Waals surface area contributed by atoms with Gasteiger partial charge in [0.25, 0.3) is 5.69 Å². The Balaban J connectivity index is 2.20. The Morgan fingerprint density at radius 2 is 1.86 bits per heavy atom. The predicted molar refractivity (Wildman–Crippen MR) is 79.7 cm³/mol. The highest BCUT2D eigenvalue weighted by Crippen LogP contribution is 2.29. The molecule has 1 aromatic carbocycles. The fraction of sp³-hybridized carbons (Fsp3) is 0.571. The molecule has 1 atom stereocenters. The largest absolute Gasteiger partial charge is 0.327 e. The number of para-hydroxylation sites is 1. The van der Waals surface area contributed by atoms with Crippen molar-refractivity contribution in [2.24, 2.45) is 11.7 Å². The lowest BCUT2D eigenvalue weighted by atomic mass is 9.85. The second kappa shape index (κ2) is 6.53. The third-order valence-electron chi connectivity index (χ3n) is 4.06. The van der Waals surface area contributed by atoms with Gasteiger partial charge in [-0.15, -0.1) is 0 Å². The monoisotopic (exact) mass is 312 g/mol. The molecule has 1 aliphatic rings. The summed E-state index contributed by atoms with van der Waals surface area (Å²) in [4.78, 5) is 10.1. The van der Waals surface area contributed by atoms with E-state index in [1.165, 1.54) is 30.7 Å². The lowest BCUT2D eigenvalue weighted by Gasteiger charge is -2.27. The normalized spacial score (nSPS) is 18.3. The standard InChI is InChI=1S/C14H20N2O4S/c15-12(11-6-2-1-3-7-11)10-21(19,20)14-9-5-4-8-13(14)16(17)18/h4-5,8-9,11-12H,1-3,6-7,10,15H2. The van der Waals surface area contributed by atoms with E-state index in [0.29, 0.717) is 0 Å². The molecule has 7 heteroatoms. The molecule has 1 saturated carbocycles. The van der Waals surface area contributed by atoms with E-state index < -0.39 is 20.8 Å². The number of nitrogens with zero attached hydrogens (tertiary/aromatic N) is 1. The molecule has 0 aliphatic heterocycles. The summed E-state index contributed by atoms with van der Waals surface area (Å²) in [5.74, 6) is -0.0426. The van der Waals surface area contributed by atoms with Crippen LogP contribution in [0, 0.1) is 16.0 Å². The molecule has 0 amide bonds. The van der Waals surface area contributed by atoms with Crippen molar-refractivity contribution >= 4 is 15.5 Å². The van der Waals surface area contributed by atoms with Crippen molar-refractivity contribution in [1.29, 1.82) is 0 Å². The fourth-order valence-electron chi connectivity index (χ4n) is 2.91. The predicted octanol–water partition coefficient (Wildman–Crippen LogP) is 2.28. The molecule has 1 fully saturated rings. The minimum absolute atomic E-state index is 0.191. The van der Waals surface area contributed by atoms with E-state index in [0.717, 1.165) is 25.7 Å². The summed E-state index contributed by atoms with van der Waals surface area (Å²) in [6.07, 6.45) is 5.19. The van der Waals surface area contributed by atoms with Crippen LogP contribution in [-0.2, 0) is 9.84 Å². The zero-order valence-electron chi connectivity index (χ0n) is 11.8. The molecule has 0 spiro atoms. The zero-order valence-corrected chi connectivity index (χ0v) is 12.6. The van der Waals surface area contributed by atoms with E-state index in [9.17, 15) is 18.5 Å². The third kappa shape index (κ3) is 3.79. The second-order valence-corrected chi connectivity index (χ2v) is 7.57. The van der Waals surface area contributed by atoms with Crippen LogP contribution < -0.4 is 5.73 Å². The molecule has 6 nitrogen and oxygen atoms in total. The Hall–Kier alpha value is -1.47. The van der Waals surface area contributed by atoms with Gasteiger partial charge in [0.05, 0.1) is 10.7 Å². The first-order valence-corrected chi connectivity index (χ1v) is 8.79. The van der Waals surface area contributed by atoms with Gasteiger partial charge in [0.2, 0.25) is 0 Å². The molecule has 0 saturated heterocycles. The molecule has 1 aromatic rings. The quantitative estimate of drug-likeness (QED) is 0.663. The summed E-state index contributed by atoms with van der Waals surface area (Å²) in [5.41, 5.74) is 5.67. The van der Waals surface area contributed by atoms with Gasteiger partial charge in [-0.2, -0.15) is 0 Å². The van der Waals surface area contributed by atoms with Gasteiger partial charge >= 0.3 is 0 Å². The zero-order chi connectivity index (χ0) is 15.5. The summed E-state index contributed by atoms with van der Waals surface area (Å²) in [7, 11) is -3.75. The van der Waals surface area contributed by atoms with Crippen molar-refractivity contribution in [1.82, 2.24) is 0 Å². The first-order chi connectivity index (χ1) is 9.92. The number of nitro benzene ring substituents is 1. The Labute approximate surface area is 124 Å². The second-order valence-electron chi connectivity index (χ2n) is 5.57. The van der Waals surface area contributed by atoms with Gasteiger partial charge in [-0.1, -0.05) is 31.4 Å². The minimum atomic E-state index is -3.75. The number of rotatable bonds is 5. The van der Waals surface area contributed by atoms with E-state index in [2.05, 4.69) is 0 Å². The lowest BCUT2D eigenvalue weighted by Crippen LogP contribution is -2.38. The van der Waals surface area contributed by atoms with E-state index >= 15 is 0 Å². The van der Waals surface area contributed by atoms with Gasteiger partial charge in [-0.25, -0.2) is 8.42 Å². The number of hydrogen-bond donors (Lipinski definition) is 1. The van der Waals surface area contributed by atoms with Gasteiger partial charge in [0.15, 0.2) is 9.84 Å². The summed E-state index contributed by atoms with van der Waals surface area (Å²) in [6, 6.07) is 4.97. The van der Waals surface area contributed by atoms with Crippen molar-refractivity contribution in [3.05, 3.63) is 34.4 Å². The summed E-state index contributed by atoms with van der Waals surface area (Å²) in [6.45, 7) is 0. The van der Waals surface area contributed by atoms with Gasteiger partial charge in [0.1, 0.15) is 4.90 Å². The third-order valence-corrected chi connectivity index (χ3v) is 5.90. The maximum Gasteiger partial charge on any atom is 0.287 e. The van der Waals surface area contributed by atoms with Crippen molar-refractivity contribution in [3.63, 3.8) is 0 Å². The Bertz CT molecular complexity index is 609. The van der Waals surface area contributed by atoms with E-state index in [1.807, 2.05) is 0 Å². The van der Waals surface area contributed by atoms with Gasteiger partial charge in [-0.3, -0.25) is 10.1 Å². The van der Waals surface area contributed by atoms with Crippen molar-refractivity contribution in [2.45, 2.75) is 43.0 Å². The fourth-order valence-corrected chi connectivity index (χ4v) is 4.62. The lowest BCUT2D eigenvalue weighted by molar-refractivity contribution is -0.387. The maximum atomic E-state index is 12.4. The van der Waals surface area contributed by atoms with Gasteiger partial charge in [0, 0.05) is 12.1 Å². The summed E-state index contributed by atoms with van der Waals surface area (Å²) in [5, 5.41) is 11.0. The summed E-state index contributed by atoms with van der Waals surface area (Å²) >= 11 is 0. The Morgan fingerprint density at radius 1 is 1.24 bits per heavy atom. The van der Waals surface area contributed by atoms with E-state index in [-0.39, 0.29) is 22.3 Å². The van der Waals surface area contributed by atoms with E-state index in [1.54, 1.807) is 0 Å². The van der Waals surface area contributed by atoms with Crippen LogP contribution >= 0.6 is 0 Å². The molecular weight excluding hydrogens is 292 g/mol. The van der Waals surface area contributed by atoms with Crippen LogP contribution in [0.3, 0.4) is 0 Å². The average Bonchev–Trinajstić information content (AvgIpc) is 2.47. The van der Waals surface area contributed by atoms with Crippen LogP contribution in [0.25, 0.3) is 0 Å². The topological polar surface area (TPSA) is 103 Å². The molecule has 0 bridgehead atoms. The molecular formula is C14H20N2O4S. The van der Waals surface area contributed by atoms with Crippen LogP contribution in [0.15, 0.2) is 29.2 Å². The molecule has 116 valence electrons. The maximum absolute atomic E-state index is 12.4. The van der Waals surface area contributed by atoms with Gasteiger partial charge in [-0.05, 0) is 24.8 Å². The average molecular weight is 312 g/mol. The Morgan fingerprint density at radius 3 is 2.48 bits per heavy atom. The molecule has 0 aromatic heterocycles. The Kier molecular flexibility index (Phi) is 4.95. The molecule has 0 radical (unpaired) electrons. The van der Waals surface area contributed by atoms with E-state index in [4.69, 9.17) is 5.73 Å². The molecule has 2 N–H and O–H groups in total. The number of hydrogen-bond acceptors (Lipinski definition) is 5. The number of nitro groups is 1. The van der Waals surface area contributed by atoms with Crippen LogP contribution in [0.1, 0.15) is 32.1 Å². The van der Waals surface area contributed by atoms with Crippen LogP contribution in [-0.4, -0.2) is 25.1 Å². The van der Waals surface area contributed by atoms with Crippen molar-refractivity contribution in [2.75, 3.05) is 5.75 Å². The highest BCUT2D eigenvalue weighted by Gasteiger charge is 2.30. The van der Waals surface area contributed by atoms with Crippen molar-refractivity contribution < 1.29 is 13.3 Å². The number of nitrogens with two attached hydrogens (primary N) is 1. The molecule has 21 heavy (non-hydrogen) atoms. The highest BCUT2D eigenvalue weighted by molar-refractivity contribution is 7.91. The first-order valence-electron chi connectivity index (χ1n) is 7.13. The van der Waals surface area contributed by atoms with Crippen LogP contribution in [0.5, 0.6) is 0 Å². The van der Waals surface area contributed by atoms with Crippen molar-refractivity contribution in [3.8, 4) is 0 Å². The smallest absolute Gasteiger partial charge is 0.287 e.